The SMILES string of the molecule is CC(C)S(=O)(=O)NCCCCCNc1ccc2sc(S)nc2c1. The Morgan fingerprint density at radius 2 is 1.96 bits per heavy atom. The summed E-state index contributed by atoms with van der Waals surface area (Å²) in [6.07, 6.45) is 2.82. The number of thiazole rings is 1. The average molecular weight is 374 g/mol. The maximum absolute atomic E-state index is 11.6. The van der Waals surface area contributed by atoms with Gasteiger partial charge >= 0.3 is 0 Å². The van der Waals surface area contributed by atoms with Gasteiger partial charge in [-0.1, -0.05) is 6.42 Å². The van der Waals surface area contributed by atoms with E-state index >= 15 is 0 Å². The van der Waals surface area contributed by atoms with Crippen LogP contribution < -0.4 is 10.0 Å². The molecule has 0 bridgehead atoms. The van der Waals surface area contributed by atoms with E-state index in [2.05, 4.69) is 33.7 Å². The number of sulfonamides is 1. The molecule has 1 heterocycles. The predicted octanol–water partition coefficient (Wildman–Crippen LogP) is 3.50. The van der Waals surface area contributed by atoms with Gasteiger partial charge in [-0.2, -0.15) is 0 Å². The summed E-state index contributed by atoms with van der Waals surface area (Å²) < 4.78 is 27.7. The van der Waals surface area contributed by atoms with E-state index in [1.165, 1.54) is 0 Å². The third kappa shape index (κ3) is 5.63. The normalized spacial score (nSPS) is 12.2. The fraction of sp³-hybridized carbons (Fsp3) is 0.533. The second-order valence-electron chi connectivity index (χ2n) is 5.65. The van der Waals surface area contributed by atoms with Gasteiger partial charge in [-0.15, -0.1) is 24.0 Å². The summed E-state index contributed by atoms with van der Waals surface area (Å²) in [7, 11) is -3.13. The van der Waals surface area contributed by atoms with Crippen LogP contribution >= 0.6 is 24.0 Å². The lowest BCUT2D eigenvalue weighted by Crippen LogP contribution is -2.31. The van der Waals surface area contributed by atoms with Gasteiger partial charge in [-0.3, -0.25) is 0 Å². The lowest BCUT2D eigenvalue weighted by molar-refractivity contribution is 0.566. The van der Waals surface area contributed by atoms with Crippen molar-refractivity contribution < 1.29 is 8.42 Å². The zero-order chi connectivity index (χ0) is 16.9. The van der Waals surface area contributed by atoms with Crippen molar-refractivity contribution in [1.82, 2.24) is 9.71 Å². The van der Waals surface area contributed by atoms with E-state index in [1.54, 1.807) is 25.2 Å². The summed E-state index contributed by atoms with van der Waals surface area (Å²) in [5.41, 5.74) is 2.02. The average Bonchev–Trinajstić information content (AvgIpc) is 2.85. The standard InChI is InChI=1S/C15H23N3O2S3/c1-11(2)23(19,20)17-9-5-3-4-8-16-12-6-7-14-13(10-12)18-15(21)22-14/h6-7,10-11,16-17H,3-5,8-9H2,1-2H3,(H,18,21). The molecule has 2 rings (SSSR count). The number of benzene rings is 1. The van der Waals surface area contributed by atoms with E-state index in [1.807, 2.05) is 12.1 Å². The van der Waals surface area contributed by atoms with Gasteiger partial charge in [-0.05, 0) is 44.9 Å². The van der Waals surface area contributed by atoms with E-state index in [0.717, 1.165) is 46.1 Å². The molecule has 0 fully saturated rings. The van der Waals surface area contributed by atoms with Gasteiger partial charge in [0, 0.05) is 18.8 Å². The molecule has 0 aliphatic rings. The number of rotatable bonds is 9. The molecule has 8 heteroatoms. The molecule has 128 valence electrons. The fourth-order valence-corrected chi connectivity index (χ4v) is 3.92. The van der Waals surface area contributed by atoms with Crippen LogP contribution in [0.4, 0.5) is 5.69 Å². The van der Waals surface area contributed by atoms with Crippen molar-refractivity contribution in [2.45, 2.75) is 42.7 Å². The van der Waals surface area contributed by atoms with Crippen LogP contribution in [0.2, 0.25) is 0 Å². The number of unbranched alkanes of at least 4 members (excludes halogenated alkanes) is 2. The topological polar surface area (TPSA) is 71.1 Å². The molecular weight excluding hydrogens is 350 g/mol. The molecule has 23 heavy (non-hydrogen) atoms. The molecule has 1 aromatic carbocycles. The van der Waals surface area contributed by atoms with Crippen LogP contribution in [0.3, 0.4) is 0 Å². The summed E-state index contributed by atoms with van der Waals surface area (Å²) >= 11 is 5.84. The van der Waals surface area contributed by atoms with Gasteiger partial charge in [0.1, 0.15) is 4.34 Å². The van der Waals surface area contributed by atoms with Crippen molar-refractivity contribution in [2.75, 3.05) is 18.4 Å². The van der Waals surface area contributed by atoms with Crippen LogP contribution in [0.1, 0.15) is 33.1 Å². The van der Waals surface area contributed by atoms with Crippen LogP contribution in [0, 0.1) is 0 Å². The number of thiol groups is 1. The van der Waals surface area contributed by atoms with Crippen LogP contribution in [0.15, 0.2) is 22.5 Å². The van der Waals surface area contributed by atoms with E-state index in [4.69, 9.17) is 0 Å². The Morgan fingerprint density at radius 1 is 1.22 bits per heavy atom. The minimum Gasteiger partial charge on any atom is -0.385 e. The molecule has 2 aromatic rings. The second-order valence-corrected chi connectivity index (χ2v) is 9.73. The summed E-state index contributed by atoms with van der Waals surface area (Å²) in [4.78, 5) is 4.36. The van der Waals surface area contributed by atoms with Crippen molar-refractivity contribution in [1.29, 1.82) is 0 Å². The van der Waals surface area contributed by atoms with Gasteiger partial charge in [0.05, 0.1) is 15.5 Å². The fourth-order valence-electron chi connectivity index (χ4n) is 2.07. The first kappa shape index (κ1) is 18.5. The van der Waals surface area contributed by atoms with Crippen molar-refractivity contribution in [3.05, 3.63) is 18.2 Å². The maximum Gasteiger partial charge on any atom is 0.213 e. The molecule has 0 amide bonds. The Balaban J connectivity index is 1.65. The number of nitrogens with one attached hydrogen (secondary N) is 2. The number of nitrogens with zero attached hydrogens (tertiary/aromatic N) is 1. The lowest BCUT2D eigenvalue weighted by Gasteiger charge is -2.09. The summed E-state index contributed by atoms with van der Waals surface area (Å²) in [5, 5.41) is 3.00. The van der Waals surface area contributed by atoms with Crippen LogP contribution in [-0.4, -0.2) is 31.7 Å². The van der Waals surface area contributed by atoms with Gasteiger partial charge in [0.15, 0.2) is 0 Å². The highest BCUT2D eigenvalue weighted by Gasteiger charge is 2.13. The van der Waals surface area contributed by atoms with E-state index < -0.39 is 10.0 Å². The van der Waals surface area contributed by atoms with Crippen molar-refractivity contribution in [3.8, 4) is 0 Å². The molecule has 0 aliphatic heterocycles. The highest BCUT2D eigenvalue weighted by molar-refractivity contribution is 7.90. The summed E-state index contributed by atoms with van der Waals surface area (Å²) in [6.45, 7) is 4.74. The van der Waals surface area contributed by atoms with Crippen LogP contribution in [0.25, 0.3) is 10.2 Å². The Bertz CT molecular complexity index is 742. The Labute approximate surface area is 147 Å². The molecule has 0 radical (unpaired) electrons. The zero-order valence-electron chi connectivity index (χ0n) is 13.4. The highest BCUT2D eigenvalue weighted by Crippen LogP contribution is 2.26. The Hall–Kier alpha value is -0.830. The Kier molecular flexibility index (Phi) is 6.70. The molecular formula is C15H23N3O2S3. The molecule has 0 atom stereocenters. The monoisotopic (exact) mass is 373 g/mol. The largest absolute Gasteiger partial charge is 0.385 e. The van der Waals surface area contributed by atoms with Crippen LogP contribution in [-0.2, 0) is 10.0 Å². The second kappa shape index (κ2) is 8.32. The molecule has 0 aliphatic carbocycles. The number of fused-ring (bicyclic) bond motifs is 1. The summed E-state index contributed by atoms with van der Waals surface area (Å²) in [5.74, 6) is 0. The lowest BCUT2D eigenvalue weighted by atomic mass is 10.2. The maximum atomic E-state index is 11.6. The zero-order valence-corrected chi connectivity index (χ0v) is 15.9. The minimum absolute atomic E-state index is 0.373. The third-order valence-corrected chi connectivity index (χ3v) is 6.54. The summed E-state index contributed by atoms with van der Waals surface area (Å²) in [6, 6.07) is 6.13. The van der Waals surface area contributed by atoms with Gasteiger partial charge in [0.2, 0.25) is 10.0 Å². The van der Waals surface area contributed by atoms with Gasteiger partial charge in [0.25, 0.3) is 0 Å². The van der Waals surface area contributed by atoms with Crippen molar-refractivity contribution in [2.24, 2.45) is 0 Å². The molecule has 2 N–H and O–H groups in total. The molecule has 0 saturated carbocycles. The number of hydrogen-bond donors (Lipinski definition) is 3. The smallest absolute Gasteiger partial charge is 0.213 e. The minimum atomic E-state index is -3.13. The predicted molar refractivity (Wildman–Crippen MR) is 101 cm³/mol. The highest BCUT2D eigenvalue weighted by atomic mass is 32.2. The molecule has 0 saturated heterocycles. The first-order chi connectivity index (χ1) is 10.9. The van der Waals surface area contributed by atoms with Crippen molar-refractivity contribution >= 4 is 49.9 Å². The van der Waals surface area contributed by atoms with Crippen LogP contribution in [0.5, 0.6) is 0 Å². The van der Waals surface area contributed by atoms with Gasteiger partial charge in [-0.25, -0.2) is 18.1 Å². The Morgan fingerprint density at radius 3 is 2.70 bits per heavy atom. The first-order valence-corrected chi connectivity index (χ1v) is 10.5. The third-order valence-electron chi connectivity index (χ3n) is 3.48. The quantitative estimate of drug-likeness (QED) is 0.465. The first-order valence-electron chi connectivity index (χ1n) is 7.70. The molecule has 1 aromatic heterocycles. The van der Waals surface area contributed by atoms with E-state index in [-0.39, 0.29) is 5.25 Å². The van der Waals surface area contributed by atoms with Gasteiger partial charge < -0.3 is 5.32 Å². The van der Waals surface area contributed by atoms with E-state index in [0.29, 0.717) is 6.54 Å². The molecule has 0 spiro atoms. The number of aromatic nitrogens is 1. The van der Waals surface area contributed by atoms with E-state index in [9.17, 15) is 8.42 Å². The number of anilines is 1. The molecule has 5 nitrogen and oxygen atoms in total. The number of hydrogen-bond acceptors (Lipinski definition) is 6. The molecule has 0 unspecified atom stereocenters. The van der Waals surface area contributed by atoms with Crippen molar-refractivity contribution in [3.63, 3.8) is 0 Å².